The Morgan fingerprint density at radius 3 is 2.43 bits per heavy atom. The van der Waals surface area contributed by atoms with E-state index in [1.165, 1.54) is 24.3 Å². The summed E-state index contributed by atoms with van der Waals surface area (Å²) in [5.41, 5.74) is -0.957. The van der Waals surface area contributed by atoms with Crippen LogP contribution in [0.2, 0.25) is 0 Å². The Kier molecular flexibility index (Phi) is 5.01. The number of ether oxygens (including phenoxy) is 2. The summed E-state index contributed by atoms with van der Waals surface area (Å²) >= 11 is 4.12. The first kappa shape index (κ1) is 16.0. The second kappa shape index (κ2) is 6.58. The van der Waals surface area contributed by atoms with Gasteiger partial charge in [-0.25, -0.2) is 0 Å². The predicted octanol–water partition coefficient (Wildman–Crippen LogP) is -0.289. The SMILES string of the molecule is O=[N+]([O-])c1ccc(O[C@@H]2[C@@H](O)[C@@H](O)[C@@H](CO)O[C@H]2S)cc1. The number of nitro groups is 1. The summed E-state index contributed by atoms with van der Waals surface area (Å²) in [6.45, 7) is -0.459. The molecule has 1 saturated heterocycles. The van der Waals surface area contributed by atoms with Gasteiger partial charge in [0.2, 0.25) is 0 Å². The first-order valence-electron chi connectivity index (χ1n) is 6.15. The van der Waals surface area contributed by atoms with Gasteiger partial charge in [-0.2, -0.15) is 0 Å². The Hall–Kier alpha value is -1.39. The Labute approximate surface area is 125 Å². The summed E-state index contributed by atoms with van der Waals surface area (Å²) in [5.74, 6) is 0.266. The van der Waals surface area contributed by atoms with Crippen molar-refractivity contribution < 1.29 is 29.7 Å². The largest absolute Gasteiger partial charge is 0.484 e. The van der Waals surface area contributed by atoms with Crippen LogP contribution < -0.4 is 4.74 Å². The van der Waals surface area contributed by atoms with Gasteiger partial charge in [0.05, 0.1) is 11.5 Å². The molecular formula is C12H15NO7S. The molecule has 1 aromatic carbocycles. The van der Waals surface area contributed by atoms with Gasteiger partial charge in [0.15, 0.2) is 6.10 Å². The molecule has 1 fully saturated rings. The number of nitrogens with zero attached hydrogens (tertiary/aromatic N) is 1. The van der Waals surface area contributed by atoms with Crippen molar-refractivity contribution in [3.63, 3.8) is 0 Å². The third kappa shape index (κ3) is 3.44. The van der Waals surface area contributed by atoms with Gasteiger partial charge in [0, 0.05) is 12.1 Å². The Morgan fingerprint density at radius 1 is 1.29 bits per heavy atom. The molecule has 1 heterocycles. The van der Waals surface area contributed by atoms with Gasteiger partial charge < -0.3 is 24.8 Å². The normalized spacial score (nSPS) is 32.7. The van der Waals surface area contributed by atoms with Crippen molar-refractivity contribution in [3.8, 4) is 5.75 Å². The average molecular weight is 317 g/mol. The van der Waals surface area contributed by atoms with E-state index < -0.39 is 41.4 Å². The Morgan fingerprint density at radius 2 is 1.90 bits per heavy atom. The summed E-state index contributed by atoms with van der Waals surface area (Å²) in [7, 11) is 0. The van der Waals surface area contributed by atoms with Gasteiger partial charge in [-0.15, -0.1) is 12.6 Å². The molecule has 1 aromatic rings. The lowest BCUT2D eigenvalue weighted by molar-refractivity contribution is -0.384. The fourth-order valence-electron chi connectivity index (χ4n) is 2.00. The van der Waals surface area contributed by atoms with E-state index in [0.29, 0.717) is 0 Å². The van der Waals surface area contributed by atoms with Gasteiger partial charge in [-0.3, -0.25) is 10.1 Å². The maximum Gasteiger partial charge on any atom is 0.269 e. The summed E-state index contributed by atoms with van der Waals surface area (Å²) in [5, 5.41) is 39.3. The number of aliphatic hydroxyl groups excluding tert-OH is 3. The molecule has 3 N–H and O–H groups in total. The molecule has 0 spiro atoms. The van der Waals surface area contributed by atoms with Crippen LogP contribution in [0.5, 0.6) is 5.75 Å². The van der Waals surface area contributed by atoms with E-state index in [-0.39, 0.29) is 11.4 Å². The zero-order valence-corrected chi connectivity index (χ0v) is 11.7. The Bertz CT molecular complexity index is 497. The van der Waals surface area contributed by atoms with Gasteiger partial charge in [0.1, 0.15) is 29.5 Å². The highest BCUT2D eigenvalue weighted by atomic mass is 32.1. The van der Waals surface area contributed by atoms with Crippen LogP contribution in [0.3, 0.4) is 0 Å². The highest BCUT2D eigenvalue weighted by molar-refractivity contribution is 7.80. The van der Waals surface area contributed by atoms with Crippen LogP contribution in [-0.2, 0) is 4.74 Å². The molecule has 5 atom stereocenters. The molecule has 0 aromatic heterocycles. The summed E-state index contributed by atoms with van der Waals surface area (Å²) < 4.78 is 10.7. The number of hydrogen-bond donors (Lipinski definition) is 4. The fraction of sp³-hybridized carbons (Fsp3) is 0.500. The van der Waals surface area contributed by atoms with Crippen molar-refractivity contribution in [3.05, 3.63) is 34.4 Å². The van der Waals surface area contributed by atoms with Gasteiger partial charge in [-0.1, -0.05) is 0 Å². The van der Waals surface area contributed by atoms with Crippen LogP contribution >= 0.6 is 12.6 Å². The molecule has 0 radical (unpaired) electrons. The van der Waals surface area contributed by atoms with E-state index in [2.05, 4.69) is 12.6 Å². The highest BCUT2D eigenvalue weighted by Crippen LogP contribution is 2.28. The van der Waals surface area contributed by atoms with Crippen LogP contribution in [0.4, 0.5) is 5.69 Å². The van der Waals surface area contributed by atoms with Crippen LogP contribution in [0.25, 0.3) is 0 Å². The molecule has 1 aliphatic heterocycles. The number of benzene rings is 1. The number of thiol groups is 1. The summed E-state index contributed by atoms with van der Waals surface area (Å²) in [4.78, 5) is 10.0. The van der Waals surface area contributed by atoms with Crippen molar-refractivity contribution >= 4 is 18.3 Å². The molecule has 2 rings (SSSR count). The zero-order chi connectivity index (χ0) is 15.6. The number of non-ortho nitro benzene ring substituents is 1. The molecule has 0 unspecified atom stereocenters. The average Bonchev–Trinajstić information content (AvgIpc) is 2.47. The minimum absolute atomic E-state index is 0.0920. The van der Waals surface area contributed by atoms with E-state index in [4.69, 9.17) is 14.6 Å². The van der Waals surface area contributed by atoms with E-state index >= 15 is 0 Å². The van der Waals surface area contributed by atoms with Crippen molar-refractivity contribution in [1.29, 1.82) is 0 Å². The molecule has 0 bridgehead atoms. The molecule has 21 heavy (non-hydrogen) atoms. The lowest BCUT2D eigenvalue weighted by atomic mass is 10.00. The molecule has 0 saturated carbocycles. The zero-order valence-electron chi connectivity index (χ0n) is 10.8. The standard InChI is InChI=1S/C12H15NO7S/c14-5-8-9(15)10(16)11(12(21)20-8)19-7-3-1-6(2-4-7)13(17)18/h1-4,8-12,14-16,21H,5H2/t8-,9+,10+,11-,12+/m1/s1. The van der Waals surface area contributed by atoms with E-state index in [1.54, 1.807) is 0 Å². The third-order valence-electron chi connectivity index (χ3n) is 3.16. The smallest absolute Gasteiger partial charge is 0.269 e. The number of aliphatic hydroxyl groups is 3. The van der Waals surface area contributed by atoms with Crippen molar-refractivity contribution in [2.24, 2.45) is 0 Å². The van der Waals surface area contributed by atoms with Crippen molar-refractivity contribution in [1.82, 2.24) is 0 Å². The monoisotopic (exact) mass is 317 g/mol. The van der Waals surface area contributed by atoms with Gasteiger partial charge in [-0.05, 0) is 12.1 Å². The molecule has 116 valence electrons. The highest BCUT2D eigenvalue weighted by Gasteiger charge is 2.44. The maximum absolute atomic E-state index is 10.6. The second-order valence-corrected chi connectivity index (χ2v) is 5.07. The molecule has 1 aliphatic rings. The second-order valence-electron chi connectivity index (χ2n) is 4.56. The van der Waals surface area contributed by atoms with Crippen LogP contribution in [0.1, 0.15) is 0 Å². The van der Waals surface area contributed by atoms with Crippen molar-refractivity contribution in [2.45, 2.75) is 29.9 Å². The van der Waals surface area contributed by atoms with Crippen LogP contribution in [0.15, 0.2) is 24.3 Å². The van der Waals surface area contributed by atoms with E-state index in [9.17, 15) is 20.3 Å². The topological polar surface area (TPSA) is 122 Å². The molecule has 9 heteroatoms. The quantitative estimate of drug-likeness (QED) is 0.342. The summed E-state index contributed by atoms with van der Waals surface area (Å²) in [6, 6.07) is 5.25. The summed E-state index contributed by atoms with van der Waals surface area (Å²) in [6.07, 6.45) is -4.55. The number of rotatable bonds is 4. The molecule has 0 amide bonds. The minimum Gasteiger partial charge on any atom is -0.484 e. The van der Waals surface area contributed by atoms with E-state index in [0.717, 1.165) is 0 Å². The molecule has 0 aliphatic carbocycles. The molecule has 8 nitrogen and oxygen atoms in total. The maximum atomic E-state index is 10.6. The third-order valence-corrected chi connectivity index (χ3v) is 3.58. The predicted molar refractivity (Wildman–Crippen MR) is 74.3 cm³/mol. The lowest BCUT2D eigenvalue weighted by Crippen LogP contribution is -2.58. The first-order valence-corrected chi connectivity index (χ1v) is 6.67. The van der Waals surface area contributed by atoms with Crippen LogP contribution in [0, 0.1) is 10.1 Å². The fourth-order valence-corrected chi connectivity index (χ4v) is 2.40. The lowest BCUT2D eigenvalue weighted by Gasteiger charge is -2.40. The Balaban J connectivity index is 2.09. The molecular weight excluding hydrogens is 302 g/mol. The van der Waals surface area contributed by atoms with Crippen molar-refractivity contribution in [2.75, 3.05) is 6.61 Å². The number of nitro benzene ring substituents is 1. The van der Waals surface area contributed by atoms with Gasteiger partial charge >= 0.3 is 0 Å². The van der Waals surface area contributed by atoms with Crippen LogP contribution in [-0.4, -0.2) is 56.7 Å². The number of hydrogen-bond acceptors (Lipinski definition) is 8. The minimum atomic E-state index is -1.32. The van der Waals surface area contributed by atoms with Gasteiger partial charge in [0.25, 0.3) is 5.69 Å². The van der Waals surface area contributed by atoms with E-state index in [1.807, 2.05) is 0 Å². The first-order chi connectivity index (χ1) is 9.93.